The highest BCUT2D eigenvalue weighted by Gasteiger charge is 2.24. The number of aliphatic imine (C=N–C) groups is 1. The largest absolute Gasteiger partial charge is 0.497 e. The average molecular weight is 298 g/mol. The first-order chi connectivity index (χ1) is 8.11. The molecule has 0 saturated carbocycles. The molecule has 3 nitrogen and oxygen atoms in total. The first-order valence-corrected chi connectivity index (χ1v) is 6.45. The van der Waals surface area contributed by atoms with Crippen LogP contribution < -0.4 is 4.74 Å². The number of ether oxygens (including phenoxy) is 2. The lowest BCUT2D eigenvalue weighted by atomic mass is 10.1. The van der Waals surface area contributed by atoms with Crippen molar-refractivity contribution in [3.05, 3.63) is 28.2 Å². The Morgan fingerprint density at radius 1 is 1.47 bits per heavy atom. The molecule has 0 radical (unpaired) electrons. The fraction of sp³-hybridized carbons (Fsp3) is 0.462. The van der Waals surface area contributed by atoms with E-state index in [0.29, 0.717) is 18.4 Å². The fourth-order valence-electron chi connectivity index (χ4n) is 1.67. The van der Waals surface area contributed by atoms with E-state index < -0.39 is 0 Å². The summed E-state index contributed by atoms with van der Waals surface area (Å²) in [5.74, 6) is 2.01. The molecule has 1 aromatic carbocycles. The molecule has 17 heavy (non-hydrogen) atoms. The van der Waals surface area contributed by atoms with Crippen molar-refractivity contribution in [2.24, 2.45) is 10.9 Å². The van der Waals surface area contributed by atoms with Crippen molar-refractivity contribution in [2.75, 3.05) is 13.7 Å². The van der Waals surface area contributed by atoms with Crippen LogP contribution in [0.15, 0.2) is 27.7 Å². The van der Waals surface area contributed by atoms with Crippen LogP contribution in [-0.4, -0.2) is 25.7 Å². The molecule has 4 heteroatoms. The predicted octanol–water partition coefficient (Wildman–Crippen LogP) is 3.26. The molecule has 0 unspecified atom stereocenters. The summed E-state index contributed by atoms with van der Waals surface area (Å²) in [7, 11) is 1.65. The lowest BCUT2D eigenvalue weighted by Crippen LogP contribution is -2.13. The first-order valence-electron chi connectivity index (χ1n) is 5.66. The van der Waals surface area contributed by atoms with Gasteiger partial charge in [-0.2, -0.15) is 0 Å². The van der Waals surface area contributed by atoms with Gasteiger partial charge in [0.2, 0.25) is 5.90 Å². The monoisotopic (exact) mass is 297 g/mol. The summed E-state index contributed by atoms with van der Waals surface area (Å²) in [5.41, 5.74) is 0.951. The van der Waals surface area contributed by atoms with Crippen molar-refractivity contribution in [3.8, 4) is 5.75 Å². The standard InChI is InChI=1S/C13H16BrNO2/c1-8(2)12-7-17-13(15-12)10-6-9(16-3)4-5-11(10)14/h4-6,8,12H,7H2,1-3H3/t12-/m0/s1. The van der Waals surface area contributed by atoms with Gasteiger partial charge in [-0.25, -0.2) is 4.99 Å². The molecule has 1 aromatic rings. The van der Waals surface area contributed by atoms with E-state index in [2.05, 4.69) is 34.8 Å². The zero-order valence-corrected chi connectivity index (χ0v) is 11.8. The van der Waals surface area contributed by atoms with Gasteiger partial charge in [0.25, 0.3) is 0 Å². The molecule has 0 aliphatic carbocycles. The maximum Gasteiger partial charge on any atom is 0.217 e. The summed E-state index contributed by atoms with van der Waals surface area (Å²) < 4.78 is 11.8. The molecule has 1 heterocycles. The third-order valence-electron chi connectivity index (χ3n) is 2.85. The van der Waals surface area contributed by atoms with E-state index in [1.807, 2.05) is 18.2 Å². The Hall–Kier alpha value is -1.03. The molecular weight excluding hydrogens is 282 g/mol. The maximum atomic E-state index is 5.66. The summed E-state index contributed by atoms with van der Waals surface area (Å²) in [4.78, 5) is 4.60. The van der Waals surface area contributed by atoms with Crippen molar-refractivity contribution in [1.82, 2.24) is 0 Å². The molecule has 1 aliphatic heterocycles. The van der Waals surface area contributed by atoms with Gasteiger partial charge in [0.15, 0.2) is 0 Å². The number of benzene rings is 1. The maximum absolute atomic E-state index is 5.66. The van der Waals surface area contributed by atoms with Crippen LogP contribution in [0.3, 0.4) is 0 Å². The zero-order chi connectivity index (χ0) is 12.4. The van der Waals surface area contributed by atoms with Crippen molar-refractivity contribution in [3.63, 3.8) is 0 Å². The molecule has 0 saturated heterocycles. The molecule has 1 atom stereocenters. The Morgan fingerprint density at radius 3 is 2.82 bits per heavy atom. The Morgan fingerprint density at radius 2 is 2.24 bits per heavy atom. The second kappa shape index (κ2) is 5.08. The molecular formula is C13H16BrNO2. The predicted molar refractivity (Wildman–Crippen MR) is 71.8 cm³/mol. The Balaban J connectivity index is 2.31. The Kier molecular flexibility index (Phi) is 3.72. The van der Waals surface area contributed by atoms with Crippen molar-refractivity contribution in [2.45, 2.75) is 19.9 Å². The summed E-state index contributed by atoms with van der Waals surface area (Å²) in [6, 6.07) is 6.04. The van der Waals surface area contributed by atoms with Gasteiger partial charge in [0, 0.05) is 4.47 Å². The van der Waals surface area contributed by atoms with Crippen LogP contribution in [-0.2, 0) is 4.74 Å². The van der Waals surface area contributed by atoms with Crippen LogP contribution in [0.5, 0.6) is 5.75 Å². The van der Waals surface area contributed by atoms with Crippen LogP contribution in [0.4, 0.5) is 0 Å². The van der Waals surface area contributed by atoms with Gasteiger partial charge in [-0.05, 0) is 40.0 Å². The highest BCUT2D eigenvalue weighted by atomic mass is 79.9. The Bertz CT molecular complexity index is 443. The van der Waals surface area contributed by atoms with Gasteiger partial charge in [-0.15, -0.1) is 0 Å². The minimum absolute atomic E-state index is 0.253. The second-order valence-electron chi connectivity index (χ2n) is 4.40. The summed E-state index contributed by atoms with van der Waals surface area (Å²) in [5, 5.41) is 0. The minimum Gasteiger partial charge on any atom is -0.497 e. The van der Waals surface area contributed by atoms with Crippen LogP contribution in [0.2, 0.25) is 0 Å². The van der Waals surface area contributed by atoms with Crippen LogP contribution in [0.1, 0.15) is 19.4 Å². The normalized spacial score (nSPS) is 19.1. The van der Waals surface area contributed by atoms with E-state index in [9.17, 15) is 0 Å². The van der Waals surface area contributed by atoms with Gasteiger partial charge < -0.3 is 9.47 Å². The lowest BCUT2D eigenvalue weighted by Gasteiger charge is -2.07. The molecule has 0 amide bonds. The molecule has 92 valence electrons. The van der Waals surface area contributed by atoms with Gasteiger partial charge in [0.05, 0.1) is 18.7 Å². The Labute approximate surface area is 110 Å². The number of hydrogen-bond acceptors (Lipinski definition) is 3. The van der Waals surface area contributed by atoms with E-state index in [0.717, 1.165) is 15.8 Å². The molecule has 0 spiro atoms. The number of nitrogens with zero attached hydrogens (tertiary/aromatic N) is 1. The van der Waals surface area contributed by atoms with E-state index in [4.69, 9.17) is 9.47 Å². The quantitative estimate of drug-likeness (QED) is 0.857. The molecule has 0 N–H and O–H groups in total. The van der Waals surface area contributed by atoms with Crippen LogP contribution in [0, 0.1) is 5.92 Å². The van der Waals surface area contributed by atoms with Crippen LogP contribution >= 0.6 is 15.9 Å². The van der Waals surface area contributed by atoms with Crippen molar-refractivity contribution < 1.29 is 9.47 Å². The lowest BCUT2D eigenvalue weighted by molar-refractivity contribution is 0.291. The SMILES string of the molecule is COc1ccc(Br)c(C2=N[C@H](C(C)C)CO2)c1. The number of methoxy groups -OCH3 is 1. The topological polar surface area (TPSA) is 30.8 Å². The van der Waals surface area contributed by atoms with Gasteiger partial charge in [-0.1, -0.05) is 13.8 Å². The first kappa shape index (κ1) is 12.4. The van der Waals surface area contributed by atoms with E-state index in [1.54, 1.807) is 7.11 Å². The number of hydrogen-bond donors (Lipinski definition) is 0. The third kappa shape index (κ3) is 2.63. The summed E-state index contributed by atoms with van der Waals surface area (Å²) >= 11 is 3.51. The average Bonchev–Trinajstić information content (AvgIpc) is 2.79. The minimum atomic E-state index is 0.253. The zero-order valence-electron chi connectivity index (χ0n) is 10.2. The highest BCUT2D eigenvalue weighted by Crippen LogP contribution is 2.26. The van der Waals surface area contributed by atoms with Crippen molar-refractivity contribution >= 4 is 21.8 Å². The van der Waals surface area contributed by atoms with E-state index >= 15 is 0 Å². The summed E-state index contributed by atoms with van der Waals surface area (Å²) in [6.07, 6.45) is 0. The highest BCUT2D eigenvalue weighted by molar-refractivity contribution is 9.10. The molecule has 0 fully saturated rings. The number of halogens is 1. The fourth-order valence-corrected chi connectivity index (χ4v) is 2.09. The van der Waals surface area contributed by atoms with Gasteiger partial charge >= 0.3 is 0 Å². The molecule has 0 bridgehead atoms. The van der Waals surface area contributed by atoms with Crippen LogP contribution in [0.25, 0.3) is 0 Å². The third-order valence-corrected chi connectivity index (χ3v) is 3.54. The number of rotatable bonds is 3. The molecule has 2 rings (SSSR count). The van der Waals surface area contributed by atoms with E-state index in [1.165, 1.54) is 0 Å². The molecule has 1 aliphatic rings. The smallest absolute Gasteiger partial charge is 0.217 e. The summed E-state index contributed by atoms with van der Waals surface area (Å²) in [6.45, 7) is 4.97. The van der Waals surface area contributed by atoms with Crippen molar-refractivity contribution in [1.29, 1.82) is 0 Å². The molecule has 0 aromatic heterocycles. The van der Waals surface area contributed by atoms with Gasteiger partial charge in [0.1, 0.15) is 12.4 Å². The van der Waals surface area contributed by atoms with E-state index in [-0.39, 0.29) is 6.04 Å². The van der Waals surface area contributed by atoms with Gasteiger partial charge in [-0.3, -0.25) is 0 Å². The second-order valence-corrected chi connectivity index (χ2v) is 5.26.